The molecule has 0 unspecified atom stereocenters. The average molecular weight is 493 g/mol. The maximum Gasteiger partial charge on any atom is 0.358 e. The maximum atomic E-state index is 12.6. The zero-order valence-electron chi connectivity index (χ0n) is 19.0. The van der Waals surface area contributed by atoms with Crippen LogP contribution in [-0.2, 0) is 6.42 Å². The van der Waals surface area contributed by atoms with Gasteiger partial charge in [-0.3, -0.25) is 4.79 Å². The van der Waals surface area contributed by atoms with Crippen molar-refractivity contribution in [3.8, 4) is 11.5 Å². The highest BCUT2D eigenvalue weighted by Gasteiger charge is 2.14. The summed E-state index contributed by atoms with van der Waals surface area (Å²) in [5.41, 5.74) is -1.92. The van der Waals surface area contributed by atoms with Gasteiger partial charge in [-0.1, -0.05) is 22.8 Å². The van der Waals surface area contributed by atoms with Crippen LogP contribution in [-0.4, -0.2) is 55.6 Å². The van der Waals surface area contributed by atoms with Crippen molar-refractivity contribution >= 4 is 23.0 Å². The highest BCUT2D eigenvalue weighted by molar-refractivity contribution is 6.35. The van der Waals surface area contributed by atoms with Crippen molar-refractivity contribution in [2.24, 2.45) is 0 Å². The number of hydrogen-bond donors (Lipinski definition) is 1. The number of rotatable bonds is 10. The Morgan fingerprint density at radius 2 is 1.79 bits per heavy atom. The van der Waals surface area contributed by atoms with Crippen LogP contribution in [0.1, 0.15) is 12.0 Å². The molecule has 2 heterocycles. The normalized spacial score (nSPS) is 11.0. The lowest BCUT2D eigenvalue weighted by Crippen LogP contribution is -2.26. The highest BCUT2D eigenvalue weighted by Crippen LogP contribution is 2.27. The van der Waals surface area contributed by atoms with E-state index in [1.54, 1.807) is 14.2 Å². The Morgan fingerprint density at radius 3 is 2.53 bits per heavy atom. The molecule has 3 rings (SSSR count). The van der Waals surface area contributed by atoms with E-state index in [0.29, 0.717) is 29.2 Å². The monoisotopic (exact) mass is 492 g/mol. The van der Waals surface area contributed by atoms with E-state index in [-0.39, 0.29) is 16.4 Å². The van der Waals surface area contributed by atoms with E-state index in [2.05, 4.69) is 15.3 Å². The molecule has 34 heavy (non-hydrogen) atoms. The van der Waals surface area contributed by atoms with Crippen molar-refractivity contribution in [2.45, 2.75) is 12.8 Å². The molecular formula is C22H25ClN4O7. The lowest BCUT2D eigenvalue weighted by molar-refractivity contribution is 0.277. The van der Waals surface area contributed by atoms with Gasteiger partial charge in [-0.15, -0.1) is 0 Å². The Morgan fingerprint density at radius 1 is 1.06 bits per heavy atom. The van der Waals surface area contributed by atoms with Gasteiger partial charge >= 0.3 is 16.8 Å². The maximum absolute atomic E-state index is 12.6. The van der Waals surface area contributed by atoms with E-state index >= 15 is 0 Å². The second-order valence-electron chi connectivity index (χ2n) is 7.36. The third-order valence-electron chi connectivity index (χ3n) is 4.95. The second-order valence-corrected chi connectivity index (χ2v) is 7.74. The topological polar surface area (TPSA) is 129 Å². The third kappa shape index (κ3) is 6.27. The number of fused-ring (bicyclic) bond motifs is 2. The zero-order chi connectivity index (χ0) is 24.7. The van der Waals surface area contributed by atoms with Gasteiger partial charge in [-0.25, -0.2) is 9.59 Å². The van der Waals surface area contributed by atoms with Crippen molar-refractivity contribution in [3.63, 3.8) is 0 Å². The Hall–Kier alpha value is -3.57. The fourth-order valence-corrected chi connectivity index (χ4v) is 3.38. The second kappa shape index (κ2) is 11.5. The van der Waals surface area contributed by atoms with Gasteiger partial charge in [-0.05, 0) is 48.8 Å². The Kier molecular flexibility index (Phi) is 8.50. The summed E-state index contributed by atoms with van der Waals surface area (Å²) < 4.78 is 20.8. The summed E-state index contributed by atoms with van der Waals surface area (Å²) in [4.78, 5) is 38.1. The molecule has 0 fully saturated rings. The summed E-state index contributed by atoms with van der Waals surface area (Å²) in [6.45, 7) is 1.93. The number of anilines is 1. The van der Waals surface area contributed by atoms with E-state index in [4.69, 9.17) is 30.0 Å². The molecule has 0 aliphatic rings. The number of hydrogen-bond acceptors (Lipinski definition) is 10. The van der Waals surface area contributed by atoms with Crippen molar-refractivity contribution in [1.82, 2.24) is 14.7 Å². The molecule has 2 bridgehead atoms. The molecule has 0 aliphatic carbocycles. The minimum atomic E-state index is -0.955. The molecule has 12 heteroatoms. The summed E-state index contributed by atoms with van der Waals surface area (Å²) in [7, 11) is 5.19. The predicted octanol–water partition coefficient (Wildman–Crippen LogP) is 1.81. The van der Waals surface area contributed by atoms with Crippen molar-refractivity contribution < 1.29 is 18.4 Å². The van der Waals surface area contributed by atoms with Crippen LogP contribution in [0.5, 0.6) is 11.5 Å². The third-order valence-corrected chi connectivity index (χ3v) is 5.30. The first-order valence-corrected chi connectivity index (χ1v) is 10.8. The van der Waals surface area contributed by atoms with Gasteiger partial charge in [0.2, 0.25) is 0 Å². The summed E-state index contributed by atoms with van der Waals surface area (Å²) in [5.74, 6) is 1.37. The molecule has 0 saturated heterocycles. The van der Waals surface area contributed by atoms with E-state index < -0.39 is 16.8 Å². The van der Waals surface area contributed by atoms with Crippen molar-refractivity contribution in [1.29, 1.82) is 0 Å². The molecule has 182 valence electrons. The van der Waals surface area contributed by atoms with Crippen molar-refractivity contribution in [3.05, 3.63) is 72.1 Å². The number of nitrogens with one attached hydrogen (secondary N) is 1. The number of benzene rings is 1. The minimum absolute atomic E-state index is 0.0813. The molecule has 0 spiro atoms. The van der Waals surface area contributed by atoms with Crippen LogP contribution >= 0.6 is 11.6 Å². The van der Waals surface area contributed by atoms with Crippen LogP contribution in [0.15, 0.2) is 53.7 Å². The first kappa shape index (κ1) is 25.1. The number of halogens is 1. The molecule has 0 amide bonds. The number of ether oxygens (including phenoxy) is 2. The summed E-state index contributed by atoms with van der Waals surface area (Å²) in [6.07, 6.45) is 1.50. The molecular weight excluding hydrogens is 468 g/mol. The predicted molar refractivity (Wildman–Crippen MR) is 126 cm³/mol. The molecule has 1 aromatic carbocycles. The molecule has 0 atom stereocenters. The Labute approximate surface area is 199 Å². The van der Waals surface area contributed by atoms with Gasteiger partial charge in [-0.2, -0.15) is 0 Å². The fourth-order valence-electron chi connectivity index (χ4n) is 3.16. The van der Waals surface area contributed by atoms with Crippen LogP contribution in [0.25, 0.3) is 5.71 Å². The molecule has 0 radical (unpaired) electrons. The molecule has 0 saturated carbocycles. The summed E-state index contributed by atoms with van der Waals surface area (Å²) in [6, 6.07) is 7.51. The Balaban J connectivity index is 1.61. The standard InChI is InChI=1S/C22H25ClN4O7/c1-26(12-9-14-5-6-15(31-2)16(13-14)32-3)11-4-10-24-20-19(23)21-25-27(22(20)30)34-18(29)8-7-17(28)33-21/h5-8,13,24H,4,9-12H2,1-3H3. The van der Waals surface area contributed by atoms with Gasteiger partial charge in [0.25, 0.3) is 5.71 Å². The molecule has 1 N–H and O–H groups in total. The summed E-state index contributed by atoms with van der Waals surface area (Å²) >= 11 is 6.20. The van der Waals surface area contributed by atoms with Gasteiger partial charge in [0, 0.05) is 25.2 Å². The lowest BCUT2D eigenvalue weighted by atomic mass is 10.1. The van der Waals surface area contributed by atoms with Crippen LogP contribution in [0.4, 0.5) is 5.69 Å². The van der Waals surface area contributed by atoms with E-state index in [0.717, 1.165) is 37.2 Å². The molecule has 3 aromatic rings. The largest absolute Gasteiger partial charge is 0.493 e. The number of methoxy groups -OCH3 is 2. The number of likely N-dealkylation sites (N-methyl/N-ethyl adjacent to an activating group) is 1. The van der Waals surface area contributed by atoms with Crippen molar-refractivity contribution in [2.75, 3.05) is 46.2 Å². The van der Waals surface area contributed by atoms with Gasteiger partial charge in [0.15, 0.2) is 11.5 Å². The van der Waals surface area contributed by atoms with Crippen LogP contribution in [0, 0.1) is 0 Å². The average Bonchev–Trinajstić information content (AvgIpc) is 2.89. The van der Waals surface area contributed by atoms with E-state index in [1.807, 2.05) is 25.2 Å². The SMILES string of the molecule is COc1ccc(CCN(C)CCCNc2c(Cl)c3nn(oc(=O)ccc(=O)o3)c2=O)cc1OC. The fraction of sp³-hybridized carbons (Fsp3) is 0.364. The Bertz CT molecular complexity index is 1350. The number of nitrogens with zero attached hydrogens (tertiary/aromatic N) is 3. The lowest BCUT2D eigenvalue weighted by Gasteiger charge is -2.17. The van der Waals surface area contributed by atoms with Crippen LogP contribution in [0.2, 0.25) is 5.02 Å². The summed E-state index contributed by atoms with van der Waals surface area (Å²) in [5, 5.41) is 6.41. The first-order chi connectivity index (χ1) is 16.3. The molecule has 0 aliphatic heterocycles. The van der Waals surface area contributed by atoms with Crippen LogP contribution < -0.4 is 31.6 Å². The van der Waals surface area contributed by atoms with Crippen LogP contribution in [0.3, 0.4) is 0 Å². The van der Waals surface area contributed by atoms with Gasteiger partial charge < -0.3 is 28.6 Å². The molecule has 2 aromatic heterocycles. The van der Waals surface area contributed by atoms with Gasteiger partial charge in [0.05, 0.1) is 14.2 Å². The highest BCUT2D eigenvalue weighted by atomic mass is 35.5. The van der Waals surface area contributed by atoms with Gasteiger partial charge in [0.1, 0.15) is 10.7 Å². The van der Waals surface area contributed by atoms with E-state index in [9.17, 15) is 14.4 Å². The number of aromatic nitrogens is 2. The quantitative estimate of drug-likeness (QED) is 0.418. The minimum Gasteiger partial charge on any atom is -0.493 e. The molecule has 11 nitrogen and oxygen atoms in total. The van der Waals surface area contributed by atoms with E-state index in [1.165, 1.54) is 0 Å². The first-order valence-electron chi connectivity index (χ1n) is 10.4. The zero-order valence-corrected chi connectivity index (χ0v) is 19.8. The smallest absolute Gasteiger partial charge is 0.358 e.